The van der Waals surface area contributed by atoms with E-state index in [9.17, 15) is 29.1 Å². The van der Waals surface area contributed by atoms with Crippen LogP contribution in [0.3, 0.4) is 0 Å². The number of carboxylic acid groups (broad SMARTS) is 1. The van der Waals surface area contributed by atoms with Crippen molar-refractivity contribution in [2.75, 3.05) is 0 Å². The van der Waals surface area contributed by atoms with Crippen molar-refractivity contribution < 1.29 is 55.3 Å². The molecular formula is C25H24N5NaO6S. The Morgan fingerprint density at radius 2 is 1.87 bits per heavy atom. The Morgan fingerprint density at radius 1 is 1.16 bits per heavy atom. The Labute approximate surface area is 244 Å². The summed E-state index contributed by atoms with van der Waals surface area (Å²) in [7, 11) is 0. The maximum absolute atomic E-state index is 13.4. The van der Waals surface area contributed by atoms with E-state index in [-0.39, 0.29) is 42.1 Å². The second-order valence-corrected chi connectivity index (χ2v) is 11.1. The molecule has 5 rings (SSSR count). The number of carboxylic acids is 1. The first-order chi connectivity index (χ1) is 17.6. The van der Waals surface area contributed by atoms with Crippen LogP contribution >= 0.6 is 11.8 Å². The molecule has 0 bridgehead atoms. The number of amides is 3. The third kappa shape index (κ3) is 4.73. The molecule has 2 aromatic heterocycles. The van der Waals surface area contributed by atoms with Crippen LogP contribution in [-0.2, 0) is 14.4 Å². The Morgan fingerprint density at radius 3 is 2.55 bits per heavy atom. The molecule has 192 valence electrons. The van der Waals surface area contributed by atoms with Crippen molar-refractivity contribution in [3.05, 3.63) is 76.2 Å². The number of benzene rings is 1. The van der Waals surface area contributed by atoms with Gasteiger partial charge in [0.2, 0.25) is 17.2 Å². The summed E-state index contributed by atoms with van der Waals surface area (Å²) in [5, 5.41) is 14.3. The molecule has 3 aromatic rings. The van der Waals surface area contributed by atoms with Gasteiger partial charge in [0.15, 0.2) is 0 Å². The summed E-state index contributed by atoms with van der Waals surface area (Å²) in [6.45, 7) is 3.48. The normalized spacial score (nSPS) is 22.0. The minimum Gasteiger partial charge on any atom is -1.00 e. The minimum atomic E-state index is -1.22. The van der Waals surface area contributed by atoms with E-state index >= 15 is 0 Å². The molecule has 4 atom stereocenters. The molecule has 13 heteroatoms. The van der Waals surface area contributed by atoms with Gasteiger partial charge in [-0.2, -0.15) is 0 Å². The molecular weight excluding hydrogens is 521 g/mol. The zero-order chi connectivity index (χ0) is 26.5. The number of carbonyl (C=O) groups excluding carboxylic acids is 3. The Hall–Kier alpha value is -3.19. The van der Waals surface area contributed by atoms with Gasteiger partial charge in [0.1, 0.15) is 34.6 Å². The number of β-lactam (4-membered cyclic amide) rings is 1. The number of pyridine rings is 2. The van der Waals surface area contributed by atoms with Gasteiger partial charge in [-0.05, 0) is 31.5 Å². The number of carbonyl (C=O) groups is 4. The fourth-order valence-electron chi connectivity index (χ4n) is 4.75. The predicted octanol–water partition coefficient (Wildman–Crippen LogP) is -1.86. The molecule has 4 heterocycles. The van der Waals surface area contributed by atoms with Crippen LogP contribution in [0.5, 0.6) is 0 Å². The van der Waals surface area contributed by atoms with E-state index in [1.807, 2.05) is 0 Å². The zero-order valence-electron chi connectivity index (χ0n) is 21.8. The maximum Gasteiger partial charge on any atom is 1.00 e. The zero-order valence-corrected chi connectivity index (χ0v) is 23.6. The van der Waals surface area contributed by atoms with Crippen molar-refractivity contribution in [3.63, 3.8) is 0 Å². The SMILES string of the molecule is CC1(C)S[C@@H]2[C@H](NC(=O)[C@@H](NC(=O)c3c[nH]c4cccnc4c3=O)c3ccccc3)C(=O)N2[C@H]1C(=O)O.[H-].[Na+]. The number of hydrogen-bond acceptors (Lipinski definition) is 7. The van der Waals surface area contributed by atoms with E-state index in [0.717, 1.165) is 0 Å². The van der Waals surface area contributed by atoms with Gasteiger partial charge >= 0.3 is 35.5 Å². The number of nitrogens with zero attached hydrogens (tertiary/aromatic N) is 2. The fraction of sp³-hybridized carbons (Fsp3) is 0.280. The van der Waals surface area contributed by atoms with Gasteiger partial charge in [0.05, 0.1) is 5.52 Å². The van der Waals surface area contributed by atoms with Crippen LogP contribution in [0, 0.1) is 0 Å². The van der Waals surface area contributed by atoms with Gasteiger partial charge in [0.25, 0.3) is 5.91 Å². The van der Waals surface area contributed by atoms with E-state index in [4.69, 9.17) is 0 Å². The third-order valence-corrected chi connectivity index (χ3v) is 8.10. The van der Waals surface area contributed by atoms with Gasteiger partial charge < -0.3 is 27.1 Å². The fourth-order valence-corrected chi connectivity index (χ4v) is 6.38. The summed E-state index contributed by atoms with van der Waals surface area (Å²) >= 11 is 1.30. The van der Waals surface area contributed by atoms with Gasteiger partial charge in [-0.15, -0.1) is 11.8 Å². The third-order valence-electron chi connectivity index (χ3n) is 6.53. The summed E-state index contributed by atoms with van der Waals surface area (Å²) in [5.74, 6) is -3.06. The smallest absolute Gasteiger partial charge is 1.00 e. The molecule has 0 aliphatic carbocycles. The predicted molar refractivity (Wildman–Crippen MR) is 136 cm³/mol. The molecule has 1 aromatic carbocycles. The molecule has 2 aliphatic rings. The molecule has 38 heavy (non-hydrogen) atoms. The molecule has 2 aliphatic heterocycles. The number of H-pyrrole nitrogens is 1. The van der Waals surface area contributed by atoms with Crippen LogP contribution in [-0.4, -0.2) is 65.9 Å². The molecule has 2 fully saturated rings. The first-order valence-corrected chi connectivity index (χ1v) is 12.3. The van der Waals surface area contributed by atoms with Crippen LogP contribution in [0.25, 0.3) is 11.0 Å². The van der Waals surface area contributed by atoms with Crippen LogP contribution in [0.2, 0.25) is 0 Å². The number of fused-ring (bicyclic) bond motifs is 2. The Bertz CT molecular complexity index is 1500. The standard InChI is InChI=1S/C25H23N5O6S.Na.H/c1-25(2)19(24(35)36)30-22(34)17(23(30)37-25)29-21(33)15(12-7-4-3-5-8-12)28-20(32)13-11-27-14-9-6-10-26-16(14)18(13)31;;/h3-11,15,17,19,23H,1-2H3,(H,27,31)(H,28,32)(H,29,33)(H,35,36);;/q;+1;-1/t15-,17+,19-,23+;;/m0../s1. The average molecular weight is 546 g/mol. The topological polar surface area (TPSA) is 162 Å². The first-order valence-electron chi connectivity index (χ1n) is 11.5. The van der Waals surface area contributed by atoms with Crippen LogP contribution in [0.4, 0.5) is 0 Å². The number of hydrogen-bond donors (Lipinski definition) is 4. The number of nitrogens with one attached hydrogen (secondary N) is 3. The van der Waals surface area contributed by atoms with E-state index in [1.165, 1.54) is 29.1 Å². The van der Waals surface area contributed by atoms with Gasteiger partial charge in [-0.3, -0.25) is 24.2 Å². The summed E-state index contributed by atoms with van der Waals surface area (Å²) in [5.41, 5.74) is 0.183. The number of aliphatic carboxylic acids is 1. The second kappa shape index (κ2) is 10.5. The van der Waals surface area contributed by atoms with Crippen LogP contribution in [0.1, 0.15) is 37.2 Å². The van der Waals surface area contributed by atoms with Crippen LogP contribution < -0.4 is 45.6 Å². The Kier molecular flexibility index (Phi) is 7.71. The van der Waals surface area contributed by atoms with Crippen molar-refractivity contribution in [2.45, 2.75) is 42.1 Å². The molecule has 0 unspecified atom stereocenters. The summed E-state index contributed by atoms with van der Waals surface area (Å²) in [4.78, 5) is 72.2. The number of rotatable bonds is 6. The maximum atomic E-state index is 13.4. The summed E-state index contributed by atoms with van der Waals surface area (Å²) in [6.07, 6.45) is 2.70. The Balaban J connectivity index is 0.00000210. The van der Waals surface area contributed by atoms with E-state index in [0.29, 0.717) is 11.1 Å². The summed E-state index contributed by atoms with van der Waals surface area (Å²) in [6, 6.07) is 8.54. The van der Waals surface area contributed by atoms with Gasteiger partial charge in [-0.25, -0.2) is 4.79 Å². The molecule has 0 radical (unpaired) electrons. The second-order valence-electron chi connectivity index (χ2n) is 9.33. The molecule has 0 spiro atoms. The average Bonchev–Trinajstić information content (AvgIpc) is 3.14. The van der Waals surface area contributed by atoms with E-state index in [1.54, 1.807) is 56.3 Å². The van der Waals surface area contributed by atoms with Crippen molar-refractivity contribution in [1.29, 1.82) is 0 Å². The van der Waals surface area contributed by atoms with Crippen LogP contribution in [0.15, 0.2) is 59.7 Å². The van der Waals surface area contributed by atoms with Gasteiger partial charge in [-0.1, -0.05) is 30.3 Å². The first kappa shape index (κ1) is 27.8. The molecule has 11 nitrogen and oxygen atoms in total. The quantitative estimate of drug-likeness (QED) is 0.207. The molecule has 2 saturated heterocycles. The number of aromatic nitrogens is 2. The van der Waals surface area contributed by atoms with E-state index < -0.39 is 57.4 Å². The molecule has 0 saturated carbocycles. The number of aromatic amines is 1. The minimum absolute atomic E-state index is 0. The van der Waals surface area contributed by atoms with Crippen molar-refractivity contribution in [1.82, 2.24) is 25.5 Å². The van der Waals surface area contributed by atoms with Crippen molar-refractivity contribution in [2.24, 2.45) is 0 Å². The van der Waals surface area contributed by atoms with E-state index in [2.05, 4.69) is 20.6 Å². The molecule has 4 N–H and O–H groups in total. The monoisotopic (exact) mass is 545 g/mol. The largest absolute Gasteiger partial charge is 1.00 e. The summed E-state index contributed by atoms with van der Waals surface area (Å²) < 4.78 is -0.746. The van der Waals surface area contributed by atoms with Crippen molar-refractivity contribution in [3.8, 4) is 0 Å². The van der Waals surface area contributed by atoms with Gasteiger partial charge in [0, 0.05) is 17.1 Å². The van der Waals surface area contributed by atoms with Crippen molar-refractivity contribution >= 4 is 46.5 Å². The number of thioether (sulfide) groups is 1. The molecule has 3 amide bonds.